The quantitative estimate of drug-likeness (QED) is 0.199. The van der Waals surface area contributed by atoms with E-state index in [0.717, 1.165) is 12.8 Å². The average Bonchev–Trinajstić information content (AvgIpc) is 2.36. The molecule has 10 heteroatoms. The zero-order valence-electron chi connectivity index (χ0n) is 11.3. The summed E-state index contributed by atoms with van der Waals surface area (Å²) in [5.41, 5.74) is 20.2. The molecule has 0 aromatic carbocycles. The fourth-order valence-corrected chi connectivity index (χ4v) is 1.05. The van der Waals surface area contributed by atoms with Gasteiger partial charge in [-0.1, -0.05) is 6.42 Å². The zero-order chi connectivity index (χ0) is 16.1. The van der Waals surface area contributed by atoms with Gasteiger partial charge < -0.3 is 33.1 Å². The fourth-order valence-electron chi connectivity index (χ4n) is 1.05. The van der Waals surface area contributed by atoms with E-state index in [1.54, 1.807) is 0 Å². The van der Waals surface area contributed by atoms with Crippen molar-refractivity contribution in [2.75, 3.05) is 6.54 Å². The molecular formula is C11H25N4NaO5. The minimum absolute atomic E-state index is 0. The number of primary amides is 1. The van der Waals surface area contributed by atoms with Crippen LogP contribution in [0.3, 0.4) is 0 Å². The number of aliphatic carboxylic acids is 2. The third-order valence-electron chi connectivity index (χ3n) is 2.31. The first kappa shape index (κ1) is 25.3. The van der Waals surface area contributed by atoms with E-state index in [1.807, 2.05) is 0 Å². The predicted molar refractivity (Wildman–Crippen MR) is 79.7 cm³/mol. The van der Waals surface area contributed by atoms with Crippen molar-refractivity contribution in [2.45, 2.75) is 44.2 Å². The monoisotopic (exact) mass is 316 g/mol. The van der Waals surface area contributed by atoms with Gasteiger partial charge in [0.1, 0.15) is 12.1 Å². The molecule has 0 aromatic rings. The summed E-state index contributed by atoms with van der Waals surface area (Å²) in [6.45, 7) is 0.604. The SMILES string of the molecule is NC(=O)CCC(N)C(=O)O.NCCCCC(N)C(=O)O.[NaH]. The normalized spacial score (nSPS) is 12.1. The second kappa shape index (κ2) is 15.7. The molecule has 2 atom stereocenters. The molecule has 0 spiro atoms. The number of carbonyl (C=O) groups excluding carboxylic acids is 1. The van der Waals surface area contributed by atoms with Crippen LogP contribution in [-0.4, -0.2) is 76.2 Å². The maximum atomic E-state index is 10.1. The van der Waals surface area contributed by atoms with Crippen LogP contribution >= 0.6 is 0 Å². The molecule has 9 nitrogen and oxygen atoms in total. The summed E-state index contributed by atoms with van der Waals surface area (Å²) in [5.74, 6) is -2.57. The second-order valence-corrected chi connectivity index (χ2v) is 4.18. The molecule has 0 aliphatic heterocycles. The topological polar surface area (TPSA) is 196 Å². The molecule has 120 valence electrons. The van der Waals surface area contributed by atoms with E-state index in [0.29, 0.717) is 13.0 Å². The molecular weight excluding hydrogens is 291 g/mol. The van der Waals surface area contributed by atoms with Crippen LogP contribution < -0.4 is 22.9 Å². The van der Waals surface area contributed by atoms with Gasteiger partial charge in [0.25, 0.3) is 0 Å². The van der Waals surface area contributed by atoms with Crippen LogP contribution in [0.5, 0.6) is 0 Å². The van der Waals surface area contributed by atoms with Gasteiger partial charge in [0.2, 0.25) is 5.91 Å². The first-order valence-corrected chi connectivity index (χ1v) is 6.17. The fraction of sp³-hybridized carbons (Fsp3) is 0.727. The van der Waals surface area contributed by atoms with Gasteiger partial charge in [-0.2, -0.15) is 0 Å². The van der Waals surface area contributed by atoms with Crippen molar-refractivity contribution in [3.05, 3.63) is 0 Å². The number of rotatable bonds is 9. The summed E-state index contributed by atoms with van der Waals surface area (Å²) in [7, 11) is 0. The van der Waals surface area contributed by atoms with E-state index < -0.39 is 29.9 Å². The van der Waals surface area contributed by atoms with Crippen LogP contribution in [0.2, 0.25) is 0 Å². The summed E-state index contributed by atoms with van der Waals surface area (Å²) in [5, 5.41) is 16.5. The van der Waals surface area contributed by atoms with Crippen molar-refractivity contribution in [1.29, 1.82) is 0 Å². The molecule has 0 radical (unpaired) electrons. The van der Waals surface area contributed by atoms with Crippen molar-refractivity contribution in [1.82, 2.24) is 0 Å². The van der Waals surface area contributed by atoms with E-state index in [-0.39, 0.29) is 42.4 Å². The van der Waals surface area contributed by atoms with Crippen LogP contribution in [-0.2, 0) is 14.4 Å². The predicted octanol–water partition coefficient (Wildman–Crippen LogP) is -2.46. The molecule has 0 aromatic heterocycles. The maximum absolute atomic E-state index is 10.1. The van der Waals surface area contributed by atoms with Crippen LogP contribution in [0.4, 0.5) is 0 Å². The van der Waals surface area contributed by atoms with Gasteiger partial charge in [-0.3, -0.25) is 14.4 Å². The van der Waals surface area contributed by atoms with Crippen LogP contribution in [0.15, 0.2) is 0 Å². The van der Waals surface area contributed by atoms with Crippen LogP contribution in [0.25, 0.3) is 0 Å². The number of hydrogen-bond acceptors (Lipinski definition) is 6. The van der Waals surface area contributed by atoms with Crippen molar-refractivity contribution in [2.24, 2.45) is 22.9 Å². The van der Waals surface area contributed by atoms with E-state index in [1.165, 1.54) is 0 Å². The van der Waals surface area contributed by atoms with Gasteiger partial charge >= 0.3 is 41.5 Å². The van der Waals surface area contributed by atoms with Gasteiger partial charge in [0.15, 0.2) is 0 Å². The molecule has 10 N–H and O–H groups in total. The van der Waals surface area contributed by atoms with Gasteiger partial charge in [0.05, 0.1) is 0 Å². The number of unbranched alkanes of at least 4 members (excludes halogenated alkanes) is 1. The third-order valence-corrected chi connectivity index (χ3v) is 2.31. The van der Waals surface area contributed by atoms with Gasteiger partial charge in [-0.05, 0) is 25.8 Å². The summed E-state index contributed by atoms with van der Waals surface area (Å²) in [6, 6.07) is -1.70. The van der Waals surface area contributed by atoms with Gasteiger partial charge in [-0.25, -0.2) is 0 Å². The zero-order valence-corrected chi connectivity index (χ0v) is 11.3. The van der Waals surface area contributed by atoms with E-state index in [4.69, 9.17) is 33.1 Å². The Morgan fingerprint density at radius 3 is 1.67 bits per heavy atom. The summed E-state index contributed by atoms with van der Waals surface area (Å²) in [4.78, 5) is 30.3. The van der Waals surface area contributed by atoms with Crippen molar-refractivity contribution in [3.63, 3.8) is 0 Å². The first-order valence-electron chi connectivity index (χ1n) is 6.17. The van der Waals surface area contributed by atoms with E-state index >= 15 is 0 Å². The molecule has 21 heavy (non-hydrogen) atoms. The Morgan fingerprint density at radius 1 is 0.905 bits per heavy atom. The Bertz CT molecular complexity index is 317. The Kier molecular flexibility index (Phi) is 18.9. The van der Waals surface area contributed by atoms with Crippen molar-refractivity contribution >= 4 is 47.4 Å². The molecule has 0 aliphatic carbocycles. The Morgan fingerprint density at radius 2 is 1.33 bits per heavy atom. The summed E-state index contributed by atoms with van der Waals surface area (Å²) >= 11 is 0. The number of amides is 1. The summed E-state index contributed by atoms with van der Waals surface area (Å²) in [6.07, 6.45) is 2.29. The van der Waals surface area contributed by atoms with Crippen LogP contribution in [0.1, 0.15) is 32.1 Å². The molecule has 0 rings (SSSR count). The third kappa shape index (κ3) is 19.3. The van der Waals surface area contributed by atoms with E-state index in [2.05, 4.69) is 0 Å². The molecule has 2 unspecified atom stereocenters. The standard InChI is InChI=1S/C6H14N2O2.C5H10N2O3.Na.H/c7-4-2-1-3-5(8)6(9)10;6-3(5(9)10)1-2-4(7)8;;/h5H,1-4,7-8H2,(H,9,10);3H,1-2,6H2,(H2,7,8)(H,9,10);;. The Hall–Kier alpha value is -0.710. The first-order chi connectivity index (χ1) is 9.22. The molecule has 0 heterocycles. The number of nitrogens with two attached hydrogens (primary N) is 4. The molecule has 0 saturated carbocycles. The molecule has 0 saturated heterocycles. The van der Waals surface area contributed by atoms with Gasteiger partial charge in [-0.15, -0.1) is 0 Å². The average molecular weight is 316 g/mol. The number of carboxylic acids is 2. The molecule has 0 bridgehead atoms. The van der Waals surface area contributed by atoms with Crippen molar-refractivity contribution < 1.29 is 24.6 Å². The Labute approximate surface area is 145 Å². The van der Waals surface area contributed by atoms with E-state index in [9.17, 15) is 14.4 Å². The molecule has 0 aliphatic rings. The van der Waals surface area contributed by atoms with Gasteiger partial charge in [0, 0.05) is 6.42 Å². The van der Waals surface area contributed by atoms with Crippen molar-refractivity contribution in [3.8, 4) is 0 Å². The number of carbonyl (C=O) groups is 3. The summed E-state index contributed by atoms with van der Waals surface area (Å²) < 4.78 is 0. The Balaban J connectivity index is -0.000000295. The number of hydrogen-bond donors (Lipinski definition) is 6. The molecule has 1 amide bonds. The number of carboxylic acid groups (broad SMARTS) is 2. The second-order valence-electron chi connectivity index (χ2n) is 4.18. The van der Waals surface area contributed by atoms with Crippen LogP contribution in [0, 0.1) is 0 Å². The minimum atomic E-state index is -1.11. The molecule has 0 fully saturated rings.